The van der Waals surface area contributed by atoms with Crippen molar-refractivity contribution in [2.45, 2.75) is 42.9 Å². The van der Waals surface area contributed by atoms with E-state index in [0.717, 1.165) is 30.4 Å². The van der Waals surface area contributed by atoms with Crippen LogP contribution in [0.5, 0.6) is 0 Å². The smallest absolute Gasteiger partial charge is 0.175 e. The van der Waals surface area contributed by atoms with Crippen molar-refractivity contribution in [2.24, 2.45) is 0 Å². The van der Waals surface area contributed by atoms with Crippen molar-refractivity contribution in [3.63, 3.8) is 0 Å². The van der Waals surface area contributed by atoms with Gasteiger partial charge in [-0.2, -0.15) is 5.26 Å². The second-order valence-corrected chi connectivity index (χ2v) is 8.15. The molecule has 0 amide bonds. The molecule has 0 aliphatic rings. The summed E-state index contributed by atoms with van der Waals surface area (Å²) in [6, 6.07) is 13.0. The molecular formula is C19H22N2O2S. The van der Waals surface area contributed by atoms with Gasteiger partial charge in [-0.1, -0.05) is 38.0 Å². The highest BCUT2D eigenvalue weighted by molar-refractivity contribution is 7.90. The Morgan fingerprint density at radius 1 is 1.21 bits per heavy atom. The van der Waals surface area contributed by atoms with Crippen molar-refractivity contribution in [3.8, 4) is 6.07 Å². The third-order valence-electron chi connectivity index (χ3n) is 4.23. The van der Waals surface area contributed by atoms with E-state index in [1.165, 1.54) is 6.26 Å². The van der Waals surface area contributed by atoms with E-state index >= 15 is 0 Å². The minimum absolute atomic E-state index is 0.273. The number of unbranched alkanes of at least 4 members (excludes halogenated alkanes) is 1. The molecule has 1 aromatic heterocycles. The molecule has 0 fully saturated rings. The van der Waals surface area contributed by atoms with Crippen molar-refractivity contribution in [1.82, 2.24) is 4.98 Å². The molecule has 2 rings (SSSR count). The second-order valence-electron chi connectivity index (χ2n) is 6.13. The quantitative estimate of drug-likeness (QED) is 0.769. The van der Waals surface area contributed by atoms with Crippen molar-refractivity contribution in [1.29, 1.82) is 5.26 Å². The maximum Gasteiger partial charge on any atom is 0.175 e. The molecule has 2 aromatic rings. The molecule has 24 heavy (non-hydrogen) atoms. The lowest BCUT2D eigenvalue weighted by Crippen LogP contribution is -2.27. The fourth-order valence-corrected chi connectivity index (χ4v) is 3.48. The summed E-state index contributed by atoms with van der Waals surface area (Å²) >= 11 is 0. The van der Waals surface area contributed by atoms with Gasteiger partial charge in [0.1, 0.15) is 0 Å². The molecule has 0 N–H and O–H groups in total. The predicted octanol–water partition coefficient (Wildman–Crippen LogP) is 3.68. The molecule has 0 bridgehead atoms. The summed E-state index contributed by atoms with van der Waals surface area (Å²) in [7, 11) is -3.24. The highest BCUT2D eigenvalue weighted by atomic mass is 32.2. The Balaban J connectivity index is 2.43. The number of benzene rings is 1. The van der Waals surface area contributed by atoms with Gasteiger partial charge in [-0.15, -0.1) is 0 Å². The van der Waals surface area contributed by atoms with Gasteiger partial charge in [0.05, 0.1) is 16.4 Å². The molecule has 1 atom stereocenters. The zero-order valence-electron chi connectivity index (χ0n) is 14.1. The first-order chi connectivity index (χ1) is 11.4. The van der Waals surface area contributed by atoms with Crippen molar-refractivity contribution in [2.75, 3.05) is 6.26 Å². The van der Waals surface area contributed by atoms with Gasteiger partial charge in [-0.3, -0.25) is 4.98 Å². The number of aromatic nitrogens is 1. The maximum atomic E-state index is 11.7. The standard InChI is InChI=1S/C19H22N2O2S/c1-3-4-11-19(15-20,13-16-6-5-12-21-14-16)17-7-9-18(10-8-17)24(2,22)23/h5-10,12,14H,3-4,11,13H2,1-2H3. The number of sulfone groups is 1. The maximum absolute atomic E-state index is 11.7. The van der Waals surface area contributed by atoms with Gasteiger partial charge in [0, 0.05) is 18.6 Å². The Morgan fingerprint density at radius 3 is 2.42 bits per heavy atom. The number of nitriles is 1. The summed E-state index contributed by atoms with van der Waals surface area (Å²) in [5, 5.41) is 9.96. The zero-order valence-corrected chi connectivity index (χ0v) is 14.9. The first kappa shape index (κ1) is 18.2. The molecule has 0 saturated carbocycles. The lowest BCUT2D eigenvalue weighted by Gasteiger charge is -2.27. The van der Waals surface area contributed by atoms with E-state index in [2.05, 4.69) is 18.0 Å². The molecular weight excluding hydrogens is 320 g/mol. The van der Waals surface area contributed by atoms with Gasteiger partial charge in [0.25, 0.3) is 0 Å². The van der Waals surface area contributed by atoms with Gasteiger partial charge in [0.15, 0.2) is 9.84 Å². The molecule has 4 nitrogen and oxygen atoms in total. The van der Waals surface area contributed by atoms with Crippen LogP contribution in [0.2, 0.25) is 0 Å². The van der Waals surface area contributed by atoms with E-state index in [1.54, 1.807) is 36.7 Å². The molecule has 0 radical (unpaired) electrons. The Morgan fingerprint density at radius 2 is 1.92 bits per heavy atom. The van der Waals surface area contributed by atoms with Gasteiger partial charge >= 0.3 is 0 Å². The van der Waals surface area contributed by atoms with Crippen LogP contribution in [0.3, 0.4) is 0 Å². The monoisotopic (exact) mass is 342 g/mol. The summed E-state index contributed by atoms with van der Waals surface area (Å²) in [6.07, 6.45) is 7.90. The van der Waals surface area contributed by atoms with Gasteiger partial charge in [0.2, 0.25) is 0 Å². The number of pyridine rings is 1. The van der Waals surface area contributed by atoms with Crippen LogP contribution in [-0.4, -0.2) is 19.7 Å². The van der Waals surface area contributed by atoms with Gasteiger partial charge in [-0.05, 0) is 42.2 Å². The minimum atomic E-state index is -3.24. The molecule has 0 aliphatic carbocycles. The molecule has 1 aromatic carbocycles. The third-order valence-corrected chi connectivity index (χ3v) is 5.36. The Kier molecular flexibility index (Phi) is 5.74. The van der Waals surface area contributed by atoms with Gasteiger partial charge in [-0.25, -0.2) is 8.42 Å². The van der Waals surface area contributed by atoms with Crippen LogP contribution in [0.4, 0.5) is 0 Å². The lowest BCUT2D eigenvalue weighted by molar-refractivity contribution is 0.475. The summed E-state index contributed by atoms with van der Waals surface area (Å²) in [6.45, 7) is 2.10. The van der Waals surface area contributed by atoms with Crippen LogP contribution in [0, 0.1) is 11.3 Å². The van der Waals surface area contributed by atoms with E-state index in [9.17, 15) is 13.7 Å². The average molecular weight is 342 g/mol. The number of hydrogen-bond acceptors (Lipinski definition) is 4. The Bertz CT molecular complexity index is 809. The topological polar surface area (TPSA) is 70.8 Å². The summed E-state index contributed by atoms with van der Waals surface area (Å²) in [5.74, 6) is 0. The van der Waals surface area contributed by atoms with E-state index in [1.807, 2.05) is 12.1 Å². The summed E-state index contributed by atoms with van der Waals surface area (Å²) < 4.78 is 23.3. The predicted molar refractivity (Wildman–Crippen MR) is 94.3 cm³/mol. The van der Waals surface area contributed by atoms with Crippen LogP contribution in [0.1, 0.15) is 37.3 Å². The molecule has 1 heterocycles. The van der Waals surface area contributed by atoms with E-state index in [-0.39, 0.29) is 4.90 Å². The second kappa shape index (κ2) is 7.59. The first-order valence-electron chi connectivity index (χ1n) is 8.02. The Hall–Kier alpha value is -2.19. The van der Waals surface area contributed by atoms with Crippen molar-refractivity contribution < 1.29 is 8.42 Å². The van der Waals surface area contributed by atoms with Crippen LogP contribution >= 0.6 is 0 Å². The normalized spacial score (nSPS) is 13.9. The molecule has 5 heteroatoms. The molecule has 0 saturated heterocycles. The van der Waals surface area contributed by atoms with Crippen molar-refractivity contribution in [3.05, 3.63) is 59.9 Å². The van der Waals surface area contributed by atoms with E-state index in [0.29, 0.717) is 6.42 Å². The minimum Gasteiger partial charge on any atom is -0.264 e. The molecule has 1 unspecified atom stereocenters. The summed E-state index contributed by atoms with van der Waals surface area (Å²) in [4.78, 5) is 4.41. The number of nitrogens with zero attached hydrogens (tertiary/aromatic N) is 2. The lowest BCUT2D eigenvalue weighted by atomic mass is 9.73. The zero-order chi connectivity index (χ0) is 17.6. The fraction of sp³-hybridized carbons (Fsp3) is 0.368. The Labute approximate surface area is 144 Å². The first-order valence-corrected chi connectivity index (χ1v) is 9.91. The summed E-state index contributed by atoms with van der Waals surface area (Å²) in [5.41, 5.74) is 1.19. The fourth-order valence-electron chi connectivity index (χ4n) is 2.85. The van der Waals surface area contributed by atoms with Crippen LogP contribution < -0.4 is 0 Å². The van der Waals surface area contributed by atoms with Crippen molar-refractivity contribution >= 4 is 9.84 Å². The molecule has 0 aliphatic heterocycles. The average Bonchev–Trinajstić information content (AvgIpc) is 2.59. The van der Waals surface area contributed by atoms with E-state index in [4.69, 9.17) is 0 Å². The van der Waals surface area contributed by atoms with Crippen LogP contribution in [-0.2, 0) is 21.7 Å². The largest absolute Gasteiger partial charge is 0.264 e. The molecule has 0 spiro atoms. The number of rotatable bonds is 7. The highest BCUT2D eigenvalue weighted by Crippen LogP contribution is 2.34. The van der Waals surface area contributed by atoms with Crippen LogP contribution in [0.25, 0.3) is 0 Å². The van der Waals surface area contributed by atoms with Crippen LogP contribution in [0.15, 0.2) is 53.7 Å². The third kappa shape index (κ3) is 4.21. The SMILES string of the molecule is CCCCC(C#N)(Cc1cccnc1)c1ccc(S(C)(=O)=O)cc1. The van der Waals surface area contributed by atoms with Gasteiger partial charge < -0.3 is 0 Å². The highest BCUT2D eigenvalue weighted by Gasteiger charge is 2.32. The number of hydrogen-bond donors (Lipinski definition) is 0. The van der Waals surface area contributed by atoms with E-state index < -0.39 is 15.3 Å². The molecule has 126 valence electrons.